The Bertz CT molecular complexity index is 1140. The predicted molar refractivity (Wildman–Crippen MR) is 132 cm³/mol. The van der Waals surface area contributed by atoms with Crippen LogP contribution in [0.25, 0.3) is 16.9 Å². The second-order valence-corrected chi connectivity index (χ2v) is 8.42. The molecule has 0 saturated heterocycles. The van der Waals surface area contributed by atoms with Gasteiger partial charge in [-0.2, -0.15) is 0 Å². The Balaban J connectivity index is 2.08. The van der Waals surface area contributed by atoms with Gasteiger partial charge in [0.1, 0.15) is 22.9 Å². The molecule has 1 heterocycles. The van der Waals surface area contributed by atoms with Gasteiger partial charge in [0.05, 0.1) is 6.61 Å². The number of phenols is 2. The fraction of sp³-hybridized carbons (Fsp3) is 0.400. The summed E-state index contributed by atoms with van der Waals surface area (Å²) in [5.74, 6) is -0.235. The Hall–Kier alpha value is -3.63. The number of aromatic hydroxyl groups is 2. The number of nitrogens with zero attached hydrogens (tertiary/aromatic N) is 4. The van der Waals surface area contributed by atoms with E-state index in [2.05, 4.69) is 20.5 Å². The standard InChI is InChI=1S/C25H33N5O5/c1-5-26-25(34)35-24-23(18-9-7-17(8-10-18)15-29(6-2)11-12-31)30(28-27-24)20-13-19(16(3)4)21(32)14-22(20)33/h7-10,13-14,16,31-33H,5-6,11-12,15H2,1-4H3,(H,26,34). The number of carbonyl (C=O) groups excluding carboxylic acids is 1. The van der Waals surface area contributed by atoms with Crippen molar-refractivity contribution in [3.05, 3.63) is 47.5 Å². The van der Waals surface area contributed by atoms with E-state index in [0.29, 0.717) is 42.1 Å². The van der Waals surface area contributed by atoms with Crippen molar-refractivity contribution >= 4 is 6.09 Å². The number of aliphatic hydroxyl groups excluding tert-OH is 1. The van der Waals surface area contributed by atoms with Crippen molar-refractivity contribution in [2.24, 2.45) is 0 Å². The van der Waals surface area contributed by atoms with Gasteiger partial charge in [-0.15, -0.1) is 0 Å². The maximum absolute atomic E-state index is 12.1. The number of phenolic OH excluding ortho intramolecular Hbond substituents is 2. The van der Waals surface area contributed by atoms with Crippen LogP contribution in [-0.4, -0.2) is 67.5 Å². The Morgan fingerprint density at radius 2 is 1.86 bits per heavy atom. The Kier molecular flexibility index (Phi) is 8.67. The maximum atomic E-state index is 12.1. The molecule has 188 valence electrons. The number of ether oxygens (including phenoxy) is 1. The summed E-state index contributed by atoms with van der Waals surface area (Å²) in [5, 5.41) is 40.9. The molecule has 0 aliphatic heterocycles. The average molecular weight is 484 g/mol. The summed E-state index contributed by atoms with van der Waals surface area (Å²) in [6.45, 7) is 10.2. The molecule has 0 bridgehead atoms. The topological polar surface area (TPSA) is 133 Å². The lowest BCUT2D eigenvalue weighted by Gasteiger charge is -2.19. The van der Waals surface area contributed by atoms with Gasteiger partial charge in [0.25, 0.3) is 5.88 Å². The minimum Gasteiger partial charge on any atom is -0.508 e. The molecule has 0 radical (unpaired) electrons. The number of aliphatic hydroxyl groups is 1. The average Bonchev–Trinajstić information content (AvgIpc) is 3.22. The van der Waals surface area contributed by atoms with Crippen molar-refractivity contribution < 1.29 is 24.9 Å². The molecule has 3 aromatic rings. The predicted octanol–water partition coefficient (Wildman–Crippen LogP) is 3.39. The highest BCUT2D eigenvalue weighted by Gasteiger charge is 2.23. The molecule has 0 saturated carbocycles. The van der Waals surface area contributed by atoms with Crippen LogP contribution in [0.4, 0.5) is 4.79 Å². The Morgan fingerprint density at radius 3 is 2.46 bits per heavy atom. The van der Waals surface area contributed by atoms with Crippen molar-refractivity contribution in [3.8, 4) is 34.3 Å². The maximum Gasteiger partial charge on any atom is 0.414 e. The van der Waals surface area contributed by atoms with Crippen LogP contribution in [-0.2, 0) is 6.54 Å². The third kappa shape index (κ3) is 6.09. The van der Waals surface area contributed by atoms with Crippen LogP contribution in [0.2, 0.25) is 0 Å². The van der Waals surface area contributed by atoms with Crippen LogP contribution in [0.5, 0.6) is 17.4 Å². The van der Waals surface area contributed by atoms with Crippen LogP contribution < -0.4 is 10.1 Å². The largest absolute Gasteiger partial charge is 0.508 e. The van der Waals surface area contributed by atoms with Crippen LogP contribution in [0.15, 0.2) is 36.4 Å². The number of amides is 1. The first kappa shape index (κ1) is 26.0. The molecule has 0 aliphatic carbocycles. The van der Waals surface area contributed by atoms with Crippen molar-refractivity contribution in [1.82, 2.24) is 25.2 Å². The minimum atomic E-state index is -0.669. The van der Waals surface area contributed by atoms with E-state index in [1.165, 1.54) is 10.7 Å². The number of hydrogen-bond donors (Lipinski definition) is 4. The van der Waals surface area contributed by atoms with E-state index in [0.717, 1.165) is 12.1 Å². The zero-order valence-corrected chi connectivity index (χ0v) is 20.5. The molecule has 0 aliphatic rings. The molecular formula is C25H33N5O5. The van der Waals surface area contributed by atoms with E-state index in [1.54, 1.807) is 13.0 Å². The van der Waals surface area contributed by atoms with E-state index in [-0.39, 0.29) is 29.9 Å². The van der Waals surface area contributed by atoms with Crippen LogP contribution >= 0.6 is 0 Å². The number of likely N-dealkylation sites (N-methyl/N-ethyl adjacent to an activating group) is 1. The second kappa shape index (κ2) is 11.7. The van der Waals surface area contributed by atoms with Gasteiger partial charge in [-0.3, -0.25) is 4.90 Å². The van der Waals surface area contributed by atoms with Gasteiger partial charge in [-0.1, -0.05) is 55.3 Å². The summed E-state index contributed by atoms with van der Waals surface area (Å²) in [4.78, 5) is 14.3. The smallest absolute Gasteiger partial charge is 0.414 e. The van der Waals surface area contributed by atoms with Crippen LogP contribution in [0.3, 0.4) is 0 Å². The number of benzene rings is 2. The molecule has 4 N–H and O–H groups in total. The molecule has 1 aromatic heterocycles. The summed E-state index contributed by atoms with van der Waals surface area (Å²) in [6.07, 6.45) is -0.669. The molecule has 3 rings (SSSR count). The first-order valence-corrected chi connectivity index (χ1v) is 11.7. The molecule has 0 unspecified atom stereocenters. The van der Waals surface area contributed by atoms with Crippen molar-refractivity contribution in [1.29, 1.82) is 0 Å². The lowest BCUT2D eigenvalue weighted by molar-refractivity contribution is 0.196. The van der Waals surface area contributed by atoms with E-state index in [1.807, 2.05) is 45.0 Å². The Morgan fingerprint density at radius 1 is 1.14 bits per heavy atom. The second-order valence-electron chi connectivity index (χ2n) is 8.42. The van der Waals surface area contributed by atoms with E-state index in [4.69, 9.17) is 4.74 Å². The van der Waals surface area contributed by atoms with Gasteiger partial charge < -0.3 is 25.4 Å². The van der Waals surface area contributed by atoms with Gasteiger partial charge in [-0.05, 0) is 36.6 Å². The number of rotatable bonds is 10. The molecule has 0 fully saturated rings. The number of aromatic nitrogens is 3. The molecule has 35 heavy (non-hydrogen) atoms. The lowest BCUT2D eigenvalue weighted by atomic mass is 10.0. The van der Waals surface area contributed by atoms with Crippen LogP contribution in [0.1, 0.15) is 44.7 Å². The molecule has 0 spiro atoms. The zero-order chi connectivity index (χ0) is 25.5. The molecule has 10 heteroatoms. The zero-order valence-electron chi connectivity index (χ0n) is 20.5. The fourth-order valence-electron chi connectivity index (χ4n) is 3.75. The van der Waals surface area contributed by atoms with E-state index >= 15 is 0 Å². The normalized spacial score (nSPS) is 11.3. The fourth-order valence-corrected chi connectivity index (χ4v) is 3.75. The third-order valence-corrected chi connectivity index (χ3v) is 5.62. The highest BCUT2D eigenvalue weighted by Crippen LogP contribution is 2.38. The third-order valence-electron chi connectivity index (χ3n) is 5.62. The summed E-state index contributed by atoms with van der Waals surface area (Å²) in [7, 11) is 0. The van der Waals surface area contributed by atoms with Crippen LogP contribution in [0, 0.1) is 0 Å². The van der Waals surface area contributed by atoms with Gasteiger partial charge in [-0.25, -0.2) is 9.48 Å². The number of carbonyl (C=O) groups is 1. The van der Waals surface area contributed by atoms with Gasteiger partial charge in [0.15, 0.2) is 0 Å². The molecule has 1 amide bonds. The first-order chi connectivity index (χ1) is 16.8. The first-order valence-electron chi connectivity index (χ1n) is 11.7. The Labute approximate surface area is 204 Å². The van der Waals surface area contributed by atoms with Crippen molar-refractivity contribution in [3.63, 3.8) is 0 Å². The quantitative estimate of drug-likeness (QED) is 0.345. The van der Waals surface area contributed by atoms with E-state index in [9.17, 15) is 20.1 Å². The number of nitrogens with one attached hydrogen (secondary N) is 1. The monoisotopic (exact) mass is 483 g/mol. The van der Waals surface area contributed by atoms with E-state index < -0.39 is 6.09 Å². The summed E-state index contributed by atoms with van der Waals surface area (Å²) in [5.41, 5.74) is 3.01. The van der Waals surface area contributed by atoms with Crippen molar-refractivity contribution in [2.45, 2.75) is 40.2 Å². The summed E-state index contributed by atoms with van der Waals surface area (Å²) in [6, 6.07) is 10.5. The SMILES string of the molecule is CCNC(=O)Oc1nnn(-c2cc(C(C)C)c(O)cc2O)c1-c1ccc(CN(CC)CCO)cc1. The molecule has 2 aromatic carbocycles. The highest BCUT2D eigenvalue weighted by atomic mass is 16.6. The summed E-state index contributed by atoms with van der Waals surface area (Å²) < 4.78 is 6.81. The van der Waals surface area contributed by atoms with Gasteiger partial charge >= 0.3 is 6.09 Å². The molecule has 10 nitrogen and oxygen atoms in total. The highest BCUT2D eigenvalue weighted by molar-refractivity contribution is 5.75. The van der Waals surface area contributed by atoms with Crippen molar-refractivity contribution in [2.75, 3.05) is 26.2 Å². The lowest BCUT2D eigenvalue weighted by Crippen LogP contribution is -2.26. The summed E-state index contributed by atoms with van der Waals surface area (Å²) >= 11 is 0. The molecule has 0 atom stereocenters. The van der Waals surface area contributed by atoms with Gasteiger partial charge in [0.2, 0.25) is 0 Å². The minimum absolute atomic E-state index is 0.00732. The van der Waals surface area contributed by atoms with Gasteiger partial charge in [0, 0.05) is 31.3 Å². The molecular weight excluding hydrogens is 450 g/mol. The number of hydrogen-bond acceptors (Lipinski definition) is 8.